The van der Waals surface area contributed by atoms with Crippen LogP contribution in [0.5, 0.6) is 0 Å². The van der Waals surface area contributed by atoms with Crippen molar-refractivity contribution in [3.63, 3.8) is 0 Å². The van der Waals surface area contributed by atoms with Crippen molar-refractivity contribution in [3.8, 4) is 0 Å². The zero-order valence-corrected chi connectivity index (χ0v) is 19.6. The maximum absolute atomic E-state index is 2.49. The summed E-state index contributed by atoms with van der Waals surface area (Å²) in [5.41, 5.74) is 7.35. The van der Waals surface area contributed by atoms with Crippen LogP contribution in [0.4, 0.5) is 0 Å². The molecule has 0 spiro atoms. The van der Waals surface area contributed by atoms with E-state index in [1.807, 2.05) is 0 Å². The maximum atomic E-state index is 2.49. The second-order valence-electron chi connectivity index (χ2n) is 9.20. The van der Waals surface area contributed by atoms with E-state index < -0.39 is 0 Å². The van der Waals surface area contributed by atoms with Crippen molar-refractivity contribution in [2.24, 2.45) is 5.92 Å². The molecule has 0 radical (unpaired) electrons. The van der Waals surface area contributed by atoms with Crippen molar-refractivity contribution in [1.82, 2.24) is 0 Å². The molecule has 1 unspecified atom stereocenters. The highest BCUT2D eigenvalue weighted by Crippen LogP contribution is 2.37. The molecule has 0 heterocycles. The van der Waals surface area contributed by atoms with E-state index in [0.717, 1.165) is 5.92 Å². The molecule has 0 aromatic heterocycles. The minimum absolute atomic E-state index is 0.0120. The summed E-state index contributed by atoms with van der Waals surface area (Å²) in [6.45, 7) is 18.7. The summed E-state index contributed by atoms with van der Waals surface area (Å²) >= 11 is 0. The molecule has 0 aliphatic rings. The van der Waals surface area contributed by atoms with E-state index in [1.54, 1.807) is 0 Å². The van der Waals surface area contributed by atoms with E-state index in [0.29, 0.717) is 11.8 Å². The fourth-order valence-corrected chi connectivity index (χ4v) is 4.84. The monoisotopic (exact) mass is 378 g/mol. The van der Waals surface area contributed by atoms with Crippen LogP contribution in [-0.4, -0.2) is 0 Å². The van der Waals surface area contributed by atoms with E-state index in [4.69, 9.17) is 0 Å². The van der Waals surface area contributed by atoms with Crippen molar-refractivity contribution < 1.29 is 0 Å². The first-order valence-electron chi connectivity index (χ1n) is 11.5. The predicted molar refractivity (Wildman–Crippen MR) is 126 cm³/mol. The molecule has 0 nitrogen and oxygen atoms in total. The van der Waals surface area contributed by atoms with Crippen LogP contribution in [0, 0.1) is 12.8 Å². The third kappa shape index (κ3) is 4.70. The van der Waals surface area contributed by atoms with Crippen LogP contribution in [0.15, 0.2) is 42.5 Å². The molecule has 0 aliphatic heterocycles. The Hall–Kier alpha value is -1.56. The SMILES string of the molecule is CCC(CC)c1cc(C(C)(C)c2cccc(C(C)C(CC)CC)c2)ccc1C. The van der Waals surface area contributed by atoms with Crippen LogP contribution in [0.25, 0.3) is 0 Å². The topological polar surface area (TPSA) is 0 Å². The largest absolute Gasteiger partial charge is 0.0651 e. The van der Waals surface area contributed by atoms with Gasteiger partial charge < -0.3 is 0 Å². The van der Waals surface area contributed by atoms with Crippen molar-refractivity contribution in [3.05, 3.63) is 70.3 Å². The van der Waals surface area contributed by atoms with Crippen molar-refractivity contribution in [2.45, 2.75) is 98.3 Å². The molecule has 0 saturated heterocycles. The Bertz CT molecular complexity index is 744. The third-order valence-electron chi connectivity index (χ3n) is 7.32. The lowest BCUT2D eigenvalue weighted by molar-refractivity contribution is 0.418. The summed E-state index contributed by atoms with van der Waals surface area (Å²) in [5, 5.41) is 0. The molecule has 0 amide bonds. The molecule has 1 atom stereocenters. The van der Waals surface area contributed by atoms with Crippen LogP contribution in [0.2, 0.25) is 0 Å². The number of hydrogen-bond donors (Lipinski definition) is 0. The molecule has 28 heavy (non-hydrogen) atoms. The van der Waals surface area contributed by atoms with Crippen molar-refractivity contribution >= 4 is 0 Å². The average molecular weight is 379 g/mol. The molecule has 2 rings (SSSR count). The van der Waals surface area contributed by atoms with Gasteiger partial charge in [0.1, 0.15) is 0 Å². The Labute approximate surface area is 174 Å². The summed E-state index contributed by atoms with van der Waals surface area (Å²) in [4.78, 5) is 0. The first-order valence-corrected chi connectivity index (χ1v) is 11.5. The molecular weight excluding hydrogens is 336 g/mol. The van der Waals surface area contributed by atoms with Gasteiger partial charge in [0.05, 0.1) is 0 Å². The Morgan fingerprint density at radius 2 is 1.39 bits per heavy atom. The lowest BCUT2D eigenvalue weighted by atomic mass is 9.74. The third-order valence-corrected chi connectivity index (χ3v) is 7.32. The molecule has 0 aliphatic carbocycles. The van der Waals surface area contributed by atoms with Crippen LogP contribution in [-0.2, 0) is 5.41 Å². The van der Waals surface area contributed by atoms with Crippen LogP contribution in [0.1, 0.15) is 114 Å². The van der Waals surface area contributed by atoms with Gasteiger partial charge in [-0.15, -0.1) is 0 Å². The summed E-state index contributed by atoms with van der Waals surface area (Å²) in [7, 11) is 0. The first-order chi connectivity index (χ1) is 13.3. The van der Waals surface area contributed by atoms with Gasteiger partial charge in [0.2, 0.25) is 0 Å². The van der Waals surface area contributed by atoms with E-state index in [9.17, 15) is 0 Å². The minimum Gasteiger partial charge on any atom is -0.0651 e. The lowest BCUT2D eigenvalue weighted by Crippen LogP contribution is -2.20. The quantitative estimate of drug-likeness (QED) is 0.409. The highest BCUT2D eigenvalue weighted by molar-refractivity contribution is 5.44. The second kappa shape index (κ2) is 9.77. The van der Waals surface area contributed by atoms with Gasteiger partial charge in [-0.2, -0.15) is 0 Å². The maximum Gasteiger partial charge on any atom is 0.0146 e. The zero-order valence-electron chi connectivity index (χ0n) is 19.6. The summed E-state index contributed by atoms with van der Waals surface area (Å²) < 4.78 is 0. The summed E-state index contributed by atoms with van der Waals surface area (Å²) in [6.07, 6.45) is 4.93. The minimum atomic E-state index is 0.0120. The number of benzene rings is 2. The molecule has 0 saturated carbocycles. The van der Waals surface area contributed by atoms with Gasteiger partial charge in [0, 0.05) is 5.41 Å². The molecule has 154 valence electrons. The molecule has 2 aromatic rings. The number of hydrogen-bond acceptors (Lipinski definition) is 0. The molecule has 0 heteroatoms. The van der Waals surface area contributed by atoms with Crippen molar-refractivity contribution in [2.75, 3.05) is 0 Å². The molecule has 0 fully saturated rings. The van der Waals surface area contributed by atoms with Gasteiger partial charge in [0.25, 0.3) is 0 Å². The van der Waals surface area contributed by atoms with Gasteiger partial charge >= 0.3 is 0 Å². The van der Waals surface area contributed by atoms with Crippen LogP contribution >= 0.6 is 0 Å². The Kier molecular flexibility index (Phi) is 7.93. The molecule has 0 bridgehead atoms. The second-order valence-corrected chi connectivity index (χ2v) is 9.20. The fourth-order valence-electron chi connectivity index (χ4n) is 4.84. The first kappa shape index (κ1) is 22.7. The van der Waals surface area contributed by atoms with E-state index in [-0.39, 0.29) is 5.41 Å². The Morgan fingerprint density at radius 3 is 1.96 bits per heavy atom. The highest BCUT2D eigenvalue weighted by atomic mass is 14.3. The van der Waals surface area contributed by atoms with Crippen LogP contribution < -0.4 is 0 Å². The van der Waals surface area contributed by atoms with Crippen molar-refractivity contribution in [1.29, 1.82) is 0 Å². The van der Waals surface area contributed by atoms with E-state index in [2.05, 4.69) is 97.9 Å². The van der Waals surface area contributed by atoms with Gasteiger partial charge in [0.15, 0.2) is 0 Å². The summed E-state index contributed by atoms with van der Waals surface area (Å²) in [6, 6.07) is 16.6. The number of rotatable bonds is 9. The standard InChI is InChI=1S/C28H42/c1-9-22(10-2)21(6)24-14-13-15-25(18-24)28(7,8)26-17-16-20(5)27(19-26)23(11-3)12-4/h13-19,21-23H,9-12H2,1-8H3. The van der Waals surface area contributed by atoms with Gasteiger partial charge in [-0.3, -0.25) is 0 Å². The normalized spacial score (nSPS) is 13.4. The highest BCUT2D eigenvalue weighted by Gasteiger charge is 2.26. The average Bonchev–Trinajstić information content (AvgIpc) is 2.71. The Balaban J connectivity index is 2.45. The van der Waals surface area contributed by atoms with Gasteiger partial charge in [-0.1, -0.05) is 104 Å². The van der Waals surface area contributed by atoms with E-state index in [1.165, 1.54) is 53.5 Å². The lowest BCUT2D eigenvalue weighted by Gasteiger charge is -2.30. The van der Waals surface area contributed by atoms with Gasteiger partial charge in [-0.25, -0.2) is 0 Å². The molecular formula is C28H42. The Morgan fingerprint density at radius 1 is 0.786 bits per heavy atom. The fraction of sp³-hybridized carbons (Fsp3) is 0.571. The molecule has 2 aromatic carbocycles. The number of aryl methyl sites for hydroxylation is 1. The molecule has 0 N–H and O–H groups in total. The summed E-state index contributed by atoms with van der Waals surface area (Å²) in [5.74, 6) is 2.04. The zero-order chi connectivity index (χ0) is 20.9. The predicted octanol–water partition coefficient (Wildman–Crippen LogP) is 8.76. The smallest absolute Gasteiger partial charge is 0.0146 e. The van der Waals surface area contributed by atoms with Crippen LogP contribution in [0.3, 0.4) is 0 Å². The van der Waals surface area contributed by atoms with Gasteiger partial charge in [-0.05, 0) is 65.3 Å². The van der Waals surface area contributed by atoms with E-state index >= 15 is 0 Å².